The van der Waals surface area contributed by atoms with Gasteiger partial charge in [0, 0.05) is 19.3 Å². The SMILES string of the molecule is O=C(OCc1ccn(-c2ccccc2)n1)c1cc(S(=O)(=O)N2CCOCC2)c(Cl)cc1Cl. The van der Waals surface area contributed by atoms with Crippen LogP contribution in [0.4, 0.5) is 0 Å². The molecule has 8 nitrogen and oxygen atoms in total. The van der Waals surface area contributed by atoms with E-state index in [2.05, 4.69) is 5.10 Å². The molecule has 1 aromatic heterocycles. The molecule has 0 unspecified atom stereocenters. The van der Waals surface area contributed by atoms with E-state index in [0.717, 1.165) is 11.8 Å². The minimum absolute atomic E-state index is 0.00394. The lowest BCUT2D eigenvalue weighted by Crippen LogP contribution is -2.40. The Morgan fingerprint density at radius 2 is 1.78 bits per heavy atom. The Kier molecular flexibility index (Phi) is 6.82. The summed E-state index contributed by atoms with van der Waals surface area (Å²) >= 11 is 12.3. The van der Waals surface area contributed by atoms with E-state index >= 15 is 0 Å². The number of carbonyl (C=O) groups is 1. The molecule has 0 radical (unpaired) electrons. The number of ether oxygens (including phenoxy) is 2. The van der Waals surface area contributed by atoms with Crippen LogP contribution < -0.4 is 0 Å². The molecular formula is C21H19Cl2N3O5S. The number of aromatic nitrogens is 2. The average Bonchev–Trinajstić information content (AvgIpc) is 3.28. The van der Waals surface area contributed by atoms with Gasteiger partial charge in [-0.1, -0.05) is 41.4 Å². The summed E-state index contributed by atoms with van der Waals surface area (Å²) in [7, 11) is -3.92. The Morgan fingerprint density at radius 3 is 2.50 bits per heavy atom. The maximum atomic E-state index is 13.0. The van der Waals surface area contributed by atoms with Crippen LogP contribution in [0.2, 0.25) is 10.0 Å². The van der Waals surface area contributed by atoms with Crippen LogP contribution in [0.5, 0.6) is 0 Å². The van der Waals surface area contributed by atoms with E-state index in [1.807, 2.05) is 30.3 Å². The summed E-state index contributed by atoms with van der Waals surface area (Å²) in [6.07, 6.45) is 1.75. The van der Waals surface area contributed by atoms with Gasteiger partial charge in [-0.15, -0.1) is 0 Å². The van der Waals surface area contributed by atoms with Gasteiger partial charge in [-0.05, 0) is 30.3 Å². The van der Waals surface area contributed by atoms with Crippen molar-refractivity contribution in [3.05, 3.63) is 76.0 Å². The number of sulfonamides is 1. The third-order valence-corrected chi connectivity index (χ3v) is 7.52. The number of hydrogen-bond donors (Lipinski definition) is 0. The zero-order chi connectivity index (χ0) is 22.7. The normalized spacial score (nSPS) is 14.9. The molecule has 168 valence electrons. The molecule has 0 atom stereocenters. The van der Waals surface area contributed by atoms with Gasteiger partial charge in [-0.2, -0.15) is 9.40 Å². The van der Waals surface area contributed by atoms with Gasteiger partial charge in [0.05, 0.1) is 34.5 Å². The van der Waals surface area contributed by atoms with E-state index in [9.17, 15) is 13.2 Å². The van der Waals surface area contributed by atoms with Gasteiger partial charge >= 0.3 is 5.97 Å². The molecule has 1 aliphatic rings. The summed E-state index contributed by atoms with van der Waals surface area (Å²) < 4.78 is 39.4. The van der Waals surface area contributed by atoms with Crippen LogP contribution >= 0.6 is 23.2 Å². The monoisotopic (exact) mass is 495 g/mol. The second-order valence-corrected chi connectivity index (χ2v) is 9.66. The molecule has 0 bridgehead atoms. The maximum Gasteiger partial charge on any atom is 0.340 e. The molecular weight excluding hydrogens is 477 g/mol. The van der Waals surface area contributed by atoms with E-state index in [1.165, 1.54) is 10.4 Å². The first-order valence-electron chi connectivity index (χ1n) is 9.70. The fourth-order valence-electron chi connectivity index (χ4n) is 3.19. The summed E-state index contributed by atoms with van der Waals surface area (Å²) in [6.45, 7) is 0.864. The second kappa shape index (κ2) is 9.60. The van der Waals surface area contributed by atoms with Gasteiger partial charge in [0.1, 0.15) is 17.2 Å². The van der Waals surface area contributed by atoms with Crippen molar-refractivity contribution in [3.8, 4) is 5.69 Å². The molecule has 1 aliphatic heterocycles. The maximum absolute atomic E-state index is 13.0. The summed E-state index contributed by atoms with van der Waals surface area (Å²) in [5.41, 5.74) is 1.29. The van der Waals surface area contributed by atoms with Crippen molar-refractivity contribution in [3.63, 3.8) is 0 Å². The molecule has 0 aliphatic carbocycles. The number of hydrogen-bond acceptors (Lipinski definition) is 6. The van der Waals surface area contributed by atoms with Gasteiger partial charge in [0.15, 0.2) is 0 Å². The van der Waals surface area contributed by atoms with E-state index in [4.69, 9.17) is 32.7 Å². The van der Waals surface area contributed by atoms with Crippen LogP contribution in [0.3, 0.4) is 0 Å². The predicted octanol–water partition coefficient (Wildman–Crippen LogP) is 3.56. The largest absolute Gasteiger partial charge is 0.455 e. The lowest BCUT2D eigenvalue weighted by Gasteiger charge is -2.26. The number of nitrogens with zero attached hydrogens (tertiary/aromatic N) is 3. The highest BCUT2D eigenvalue weighted by molar-refractivity contribution is 7.89. The highest BCUT2D eigenvalue weighted by Gasteiger charge is 2.30. The van der Waals surface area contributed by atoms with Crippen LogP contribution in [0, 0.1) is 0 Å². The summed E-state index contributed by atoms with van der Waals surface area (Å²) in [5, 5.41) is 4.30. The summed E-state index contributed by atoms with van der Waals surface area (Å²) in [4.78, 5) is 12.5. The fraction of sp³-hybridized carbons (Fsp3) is 0.238. The number of esters is 1. The third-order valence-electron chi connectivity index (χ3n) is 4.85. The molecule has 0 N–H and O–H groups in total. The molecule has 3 aromatic rings. The molecule has 11 heteroatoms. The molecule has 0 spiro atoms. The molecule has 1 saturated heterocycles. The average molecular weight is 496 g/mol. The number of carbonyl (C=O) groups excluding carboxylic acids is 1. The van der Waals surface area contributed by atoms with Gasteiger partial charge in [-0.3, -0.25) is 0 Å². The lowest BCUT2D eigenvalue weighted by molar-refractivity contribution is 0.0467. The Bertz CT molecular complexity index is 1230. The smallest absolute Gasteiger partial charge is 0.340 e. The number of morpholine rings is 1. The number of rotatable bonds is 6. The first-order valence-corrected chi connectivity index (χ1v) is 11.9. The van der Waals surface area contributed by atoms with E-state index in [0.29, 0.717) is 5.69 Å². The third kappa shape index (κ3) is 4.82. The van der Waals surface area contributed by atoms with Crippen molar-refractivity contribution in [1.82, 2.24) is 14.1 Å². The quantitative estimate of drug-likeness (QED) is 0.485. The van der Waals surface area contributed by atoms with E-state index in [-0.39, 0.29) is 53.4 Å². The second-order valence-electron chi connectivity index (χ2n) is 6.94. The highest BCUT2D eigenvalue weighted by atomic mass is 35.5. The topological polar surface area (TPSA) is 90.7 Å². The van der Waals surface area contributed by atoms with Gasteiger partial charge in [0.2, 0.25) is 10.0 Å². The Morgan fingerprint density at radius 1 is 1.06 bits per heavy atom. The first kappa shape index (κ1) is 22.8. The summed E-state index contributed by atoms with van der Waals surface area (Å²) in [6, 6.07) is 13.6. The minimum atomic E-state index is -3.92. The molecule has 32 heavy (non-hydrogen) atoms. The zero-order valence-electron chi connectivity index (χ0n) is 16.8. The van der Waals surface area contributed by atoms with Gasteiger partial charge < -0.3 is 9.47 Å². The molecule has 0 saturated carbocycles. The Balaban J connectivity index is 1.51. The van der Waals surface area contributed by atoms with Crippen molar-refractivity contribution in [1.29, 1.82) is 0 Å². The molecule has 2 aromatic carbocycles. The molecule has 2 heterocycles. The van der Waals surface area contributed by atoms with Crippen molar-refractivity contribution in [2.45, 2.75) is 11.5 Å². The van der Waals surface area contributed by atoms with Crippen LogP contribution in [-0.2, 0) is 26.1 Å². The zero-order valence-corrected chi connectivity index (χ0v) is 19.1. The van der Waals surface area contributed by atoms with Crippen molar-refractivity contribution in [2.75, 3.05) is 26.3 Å². The van der Waals surface area contributed by atoms with Crippen molar-refractivity contribution in [2.24, 2.45) is 0 Å². The van der Waals surface area contributed by atoms with Crippen molar-refractivity contribution < 1.29 is 22.7 Å². The Hall–Kier alpha value is -2.43. The minimum Gasteiger partial charge on any atom is -0.455 e. The van der Waals surface area contributed by atoms with Crippen LogP contribution in [0.1, 0.15) is 16.1 Å². The van der Waals surface area contributed by atoms with E-state index in [1.54, 1.807) is 16.9 Å². The highest BCUT2D eigenvalue weighted by Crippen LogP contribution is 2.31. The number of para-hydroxylation sites is 1. The predicted molar refractivity (Wildman–Crippen MR) is 119 cm³/mol. The van der Waals surface area contributed by atoms with E-state index < -0.39 is 16.0 Å². The number of benzene rings is 2. The first-order chi connectivity index (χ1) is 15.4. The molecule has 4 rings (SSSR count). The molecule has 1 fully saturated rings. The van der Waals surface area contributed by atoms with Crippen LogP contribution in [0.25, 0.3) is 5.69 Å². The molecule has 0 amide bonds. The standard InChI is InChI=1S/C21H19Cl2N3O5S/c22-18-13-19(23)20(32(28,29)25-8-10-30-11-9-25)12-17(18)21(27)31-14-15-6-7-26(24-15)16-4-2-1-3-5-16/h1-7,12-13H,8-11,14H2. The van der Waals surface area contributed by atoms with Crippen LogP contribution in [0.15, 0.2) is 59.6 Å². The van der Waals surface area contributed by atoms with Gasteiger partial charge in [-0.25, -0.2) is 17.9 Å². The van der Waals surface area contributed by atoms with Crippen molar-refractivity contribution >= 4 is 39.2 Å². The van der Waals surface area contributed by atoms with Gasteiger partial charge in [0.25, 0.3) is 0 Å². The summed E-state index contributed by atoms with van der Waals surface area (Å²) in [5.74, 6) is -0.778. The lowest BCUT2D eigenvalue weighted by atomic mass is 10.2. The fourth-order valence-corrected chi connectivity index (χ4v) is 5.42. The Labute approximate surface area is 195 Å². The van der Waals surface area contributed by atoms with Crippen LogP contribution in [-0.4, -0.2) is 54.8 Å². The number of halogens is 2.